The number of nitrogens with zero attached hydrogens (tertiary/aromatic N) is 3. The Balaban J connectivity index is 1.20. The first-order valence-corrected chi connectivity index (χ1v) is 11.4. The van der Waals surface area contributed by atoms with Crippen molar-refractivity contribution in [1.29, 1.82) is 0 Å². The lowest BCUT2D eigenvalue weighted by molar-refractivity contribution is -0.142. The van der Waals surface area contributed by atoms with Gasteiger partial charge in [-0.2, -0.15) is 0 Å². The summed E-state index contributed by atoms with van der Waals surface area (Å²) in [7, 11) is 0. The van der Waals surface area contributed by atoms with E-state index in [1.165, 1.54) is 29.3 Å². The number of rotatable bonds is 7. The third-order valence-corrected chi connectivity index (χ3v) is 6.34. The Bertz CT molecular complexity index is 1250. The van der Waals surface area contributed by atoms with Gasteiger partial charge in [0.25, 0.3) is 11.8 Å². The fraction of sp³-hybridized carbons (Fsp3) is 0.250. The zero-order valence-electron chi connectivity index (χ0n) is 17.5. The predicted molar refractivity (Wildman–Crippen MR) is 119 cm³/mol. The molecule has 0 radical (unpaired) electrons. The molecule has 1 aliphatic carbocycles. The molecular weight excluding hydrogens is 426 g/mol. The number of carbonyl (C=O) groups excluding carboxylic acids is 1. The van der Waals surface area contributed by atoms with Crippen LogP contribution in [-0.4, -0.2) is 27.1 Å². The van der Waals surface area contributed by atoms with Gasteiger partial charge in [0.15, 0.2) is 6.61 Å². The van der Waals surface area contributed by atoms with Crippen molar-refractivity contribution in [3.8, 4) is 22.7 Å². The lowest BCUT2D eigenvalue weighted by Gasteiger charge is -2.05. The third kappa shape index (κ3) is 4.31. The van der Waals surface area contributed by atoms with Crippen LogP contribution in [0.1, 0.15) is 29.2 Å². The molecule has 0 spiro atoms. The summed E-state index contributed by atoms with van der Waals surface area (Å²) < 4.78 is 16.4. The van der Waals surface area contributed by atoms with Crippen LogP contribution in [0.4, 0.5) is 0 Å². The maximum Gasteiger partial charge on any atom is 0.316 e. The number of carbonyl (C=O) groups is 1. The molecule has 0 saturated heterocycles. The van der Waals surface area contributed by atoms with Crippen LogP contribution in [-0.2, 0) is 29.0 Å². The Morgan fingerprint density at radius 3 is 2.81 bits per heavy atom. The maximum absolute atomic E-state index is 12.2. The molecule has 0 atom stereocenters. The van der Waals surface area contributed by atoms with Gasteiger partial charge in [-0.3, -0.25) is 4.79 Å². The van der Waals surface area contributed by atoms with Crippen LogP contribution >= 0.6 is 11.8 Å². The minimum atomic E-state index is -0.332. The number of esters is 1. The Hall–Kier alpha value is -3.39. The molecular formula is C24H21N3O4S. The minimum absolute atomic E-state index is 0.0818. The van der Waals surface area contributed by atoms with E-state index in [-0.39, 0.29) is 30.1 Å². The van der Waals surface area contributed by atoms with E-state index < -0.39 is 0 Å². The number of benzene rings is 2. The van der Waals surface area contributed by atoms with Gasteiger partial charge >= 0.3 is 5.97 Å². The monoisotopic (exact) mass is 447 g/mol. The second kappa shape index (κ2) is 9.00. The third-order valence-electron chi connectivity index (χ3n) is 5.37. The van der Waals surface area contributed by atoms with E-state index in [9.17, 15) is 4.79 Å². The summed E-state index contributed by atoms with van der Waals surface area (Å²) in [5, 5.41) is 12.2. The summed E-state index contributed by atoms with van der Waals surface area (Å²) in [5.41, 5.74) is 4.95. The lowest BCUT2D eigenvalue weighted by atomic mass is 10.1. The first-order chi connectivity index (χ1) is 15.7. The highest BCUT2D eigenvalue weighted by molar-refractivity contribution is 8.00. The van der Waals surface area contributed by atoms with Crippen molar-refractivity contribution < 1.29 is 18.5 Å². The topological polar surface area (TPSA) is 91.3 Å². The van der Waals surface area contributed by atoms with Crippen molar-refractivity contribution in [1.82, 2.24) is 15.4 Å². The first kappa shape index (κ1) is 20.5. The number of fused-ring (bicyclic) bond motifs is 1. The van der Waals surface area contributed by atoms with Crippen molar-refractivity contribution in [2.24, 2.45) is 0 Å². The van der Waals surface area contributed by atoms with Crippen molar-refractivity contribution in [3.63, 3.8) is 0 Å². The van der Waals surface area contributed by atoms with Crippen LogP contribution in [0.25, 0.3) is 22.7 Å². The van der Waals surface area contributed by atoms with Gasteiger partial charge in [-0.15, -0.1) is 22.0 Å². The molecule has 4 aromatic rings. The molecule has 32 heavy (non-hydrogen) atoms. The quantitative estimate of drug-likeness (QED) is 0.288. The van der Waals surface area contributed by atoms with Gasteiger partial charge in [0.1, 0.15) is 17.0 Å². The highest BCUT2D eigenvalue weighted by atomic mass is 32.2. The lowest BCUT2D eigenvalue weighted by Crippen LogP contribution is -2.07. The summed E-state index contributed by atoms with van der Waals surface area (Å²) in [4.78, 5) is 13.3. The minimum Gasteiger partial charge on any atom is -0.455 e. The van der Waals surface area contributed by atoms with Gasteiger partial charge < -0.3 is 13.7 Å². The Morgan fingerprint density at radius 1 is 1.09 bits per heavy atom. The predicted octanol–water partition coefficient (Wildman–Crippen LogP) is 5.02. The molecule has 0 bridgehead atoms. The first-order valence-electron chi connectivity index (χ1n) is 10.4. The van der Waals surface area contributed by atoms with E-state index in [1.54, 1.807) is 6.92 Å². The van der Waals surface area contributed by atoms with Gasteiger partial charge in [0.2, 0.25) is 0 Å². The van der Waals surface area contributed by atoms with E-state index in [4.69, 9.17) is 13.7 Å². The van der Waals surface area contributed by atoms with Gasteiger partial charge in [0, 0.05) is 10.5 Å². The maximum atomic E-state index is 12.2. The average Bonchev–Trinajstić information content (AvgIpc) is 3.56. The van der Waals surface area contributed by atoms with E-state index in [2.05, 4.69) is 33.6 Å². The standard InChI is InChI=1S/C24H21N3O4S/c1-15-22(23(27-31-15)17-6-3-2-4-7-17)24-26-25-20(30-24)13-29-21(28)14-32-19-11-10-16-8-5-9-18(16)12-19/h2-4,6-7,10-12H,5,8-9,13-14H2,1H3. The molecule has 7 nitrogen and oxygen atoms in total. The van der Waals surface area contributed by atoms with Crippen LogP contribution in [0.2, 0.25) is 0 Å². The fourth-order valence-corrected chi connectivity index (χ4v) is 4.55. The van der Waals surface area contributed by atoms with Crippen LogP contribution in [0.3, 0.4) is 0 Å². The molecule has 2 aromatic carbocycles. The molecule has 162 valence electrons. The second-order valence-corrected chi connectivity index (χ2v) is 8.61. The summed E-state index contributed by atoms with van der Waals surface area (Å²) in [5.74, 6) is 0.961. The van der Waals surface area contributed by atoms with Gasteiger partial charge in [-0.25, -0.2) is 0 Å². The molecule has 2 heterocycles. The molecule has 5 rings (SSSR count). The molecule has 0 unspecified atom stereocenters. The highest BCUT2D eigenvalue weighted by Gasteiger charge is 2.22. The van der Waals surface area contributed by atoms with Crippen LogP contribution in [0.5, 0.6) is 0 Å². The van der Waals surface area contributed by atoms with E-state index >= 15 is 0 Å². The van der Waals surface area contributed by atoms with Gasteiger partial charge in [0.05, 0.1) is 5.75 Å². The number of hydrogen-bond donors (Lipinski definition) is 0. The van der Waals surface area contributed by atoms with Crippen molar-refractivity contribution in [2.45, 2.75) is 37.7 Å². The molecule has 0 N–H and O–H groups in total. The molecule has 1 aliphatic rings. The summed E-state index contributed by atoms with van der Waals surface area (Å²) >= 11 is 1.47. The number of ether oxygens (including phenoxy) is 1. The van der Waals surface area contributed by atoms with Crippen LogP contribution in [0.15, 0.2) is 62.4 Å². The van der Waals surface area contributed by atoms with Crippen molar-refractivity contribution >= 4 is 17.7 Å². The number of thioether (sulfide) groups is 1. The number of aryl methyl sites for hydroxylation is 3. The number of aromatic nitrogens is 3. The molecule has 8 heteroatoms. The molecule has 2 aromatic heterocycles. The van der Waals surface area contributed by atoms with Crippen molar-refractivity contribution in [2.75, 3.05) is 5.75 Å². The SMILES string of the molecule is Cc1onc(-c2ccccc2)c1-c1nnc(COC(=O)CSc2ccc3c(c2)CCC3)o1. The second-order valence-electron chi connectivity index (χ2n) is 7.56. The number of hydrogen-bond acceptors (Lipinski definition) is 8. The summed E-state index contributed by atoms with van der Waals surface area (Å²) in [6.45, 7) is 1.70. The van der Waals surface area contributed by atoms with Crippen molar-refractivity contribution in [3.05, 3.63) is 71.3 Å². The highest BCUT2D eigenvalue weighted by Crippen LogP contribution is 2.33. The average molecular weight is 448 g/mol. The van der Waals surface area contributed by atoms with Gasteiger partial charge in [-0.05, 0) is 49.4 Å². The fourth-order valence-electron chi connectivity index (χ4n) is 3.79. The van der Waals surface area contributed by atoms with Crippen LogP contribution in [0, 0.1) is 6.92 Å². The zero-order chi connectivity index (χ0) is 21.9. The Kier molecular flexibility index (Phi) is 5.77. The van der Waals surface area contributed by atoms with Gasteiger partial charge in [-0.1, -0.05) is 41.6 Å². The molecule has 0 amide bonds. The Labute approximate surface area is 189 Å². The summed E-state index contributed by atoms with van der Waals surface area (Å²) in [6, 6.07) is 16.0. The van der Waals surface area contributed by atoms with E-state index in [1.807, 2.05) is 30.3 Å². The zero-order valence-corrected chi connectivity index (χ0v) is 18.4. The van der Waals surface area contributed by atoms with Crippen LogP contribution < -0.4 is 0 Å². The molecule has 0 aliphatic heterocycles. The van der Waals surface area contributed by atoms with E-state index in [0.29, 0.717) is 17.0 Å². The Morgan fingerprint density at radius 2 is 1.94 bits per heavy atom. The smallest absolute Gasteiger partial charge is 0.316 e. The molecule has 0 saturated carbocycles. The van der Waals surface area contributed by atoms with E-state index in [0.717, 1.165) is 23.3 Å². The largest absolute Gasteiger partial charge is 0.455 e. The normalized spacial score (nSPS) is 12.7. The summed E-state index contributed by atoms with van der Waals surface area (Å²) in [6.07, 6.45) is 3.47. The molecule has 0 fully saturated rings.